The van der Waals surface area contributed by atoms with Crippen molar-refractivity contribution in [2.24, 2.45) is 0 Å². The smallest absolute Gasteiger partial charge is 0.262 e. The Morgan fingerprint density at radius 1 is 0.862 bits per heavy atom. The van der Waals surface area contributed by atoms with Gasteiger partial charge in [0.25, 0.3) is 5.91 Å². The molecule has 0 saturated heterocycles. The molecule has 0 aliphatic heterocycles. The predicted molar refractivity (Wildman–Crippen MR) is 116 cm³/mol. The van der Waals surface area contributed by atoms with Crippen LogP contribution < -0.4 is 14.8 Å². The molecule has 0 aromatic heterocycles. The summed E-state index contributed by atoms with van der Waals surface area (Å²) in [5, 5.41) is 2.83. The number of rotatable bonds is 9. The standard InChI is InChI=1S/C25H27NO3/c1-3-19(2)21-9-13-23(14-10-21)29-18-25(27)26-22-11-15-24(16-12-22)28-17-20-7-5-4-6-8-20/h4-16,19H,3,17-18H2,1-2H3,(H,26,27). The highest BCUT2D eigenvalue weighted by molar-refractivity contribution is 5.91. The summed E-state index contributed by atoms with van der Waals surface area (Å²) in [5.41, 5.74) is 3.09. The Kier molecular flexibility index (Phi) is 7.28. The van der Waals surface area contributed by atoms with Gasteiger partial charge in [-0.1, -0.05) is 56.3 Å². The summed E-state index contributed by atoms with van der Waals surface area (Å²) in [6, 6.07) is 25.2. The van der Waals surface area contributed by atoms with Crippen LogP contribution in [0.2, 0.25) is 0 Å². The third kappa shape index (κ3) is 6.39. The zero-order valence-corrected chi connectivity index (χ0v) is 16.9. The van der Waals surface area contributed by atoms with Crippen LogP contribution in [-0.4, -0.2) is 12.5 Å². The van der Waals surface area contributed by atoms with Gasteiger partial charge in [0.2, 0.25) is 0 Å². The van der Waals surface area contributed by atoms with Gasteiger partial charge in [-0.05, 0) is 59.9 Å². The number of anilines is 1. The minimum atomic E-state index is -0.200. The second-order valence-corrected chi connectivity index (χ2v) is 7.01. The molecule has 0 spiro atoms. The van der Waals surface area contributed by atoms with Gasteiger partial charge in [0, 0.05) is 5.69 Å². The Hall–Kier alpha value is -3.27. The lowest BCUT2D eigenvalue weighted by Gasteiger charge is -2.11. The fraction of sp³-hybridized carbons (Fsp3) is 0.240. The van der Waals surface area contributed by atoms with Crippen molar-refractivity contribution in [3.63, 3.8) is 0 Å². The minimum absolute atomic E-state index is 0.0328. The van der Waals surface area contributed by atoms with Crippen molar-refractivity contribution < 1.29 is 14.3 Å². The number of benzene rings is 3. The van der Waals surface area contributed by atoms with E-state index >= 15 is 0 Å². The molecule has 1 amide bonds. The van der Waals surface area contributed by atoms with Crippen molar-refractivity contribution in [2.45, 2.75) is 32.8 Å². The fourth-order valence-corrected chi connectivity index (χ4v) is 2.85. The molecule has 1 N–H and O–H groups in total. The molecule has 29 heavy (non-hydrogen) atoms. The van der Waals surface area contributed by atoms with E-state index in [-0.39, 0.29) is 12.5 Å². The monoisotopic (exact) mass is 389 g/mol. The van der Waals surface area contributed by atoms with E-state index < -0.39 is 0 Å². The van der Waals surface area contributed by atoms with E-state index in [1.165, 1.54) is 5.56 Å². The molecule has 0 aliphatic carbocycles. The molecule has 1 atom stereocenters. The van der Waals surface area contributed by atoms with Gasteiger partial charge < -0.3 is 14.8 Å². The molecule has 3 rings (SSSR count). The molecule has 0 saturated carbocycles. The number of carbonyl (C=O) groups is 1. The van der Waals surface area contributed by atoms with Gasteiger partial charge >= 0.3 is 0 Å². The average molecular weight is 389 g/mol. The topological polar surface area (TPSA) is 47.6 Å². The molecular weight excluding hydrogens is 362 g/mol. The third-order valence-corrected chi connectivity index (χ3v) is 4.82. The Bertz CT molecular complexity index is 890. The van der Waals surface area contributed by atoms with Crippen LogP contribution in [-0.2, 0) is 11.4 Å². The van der Waals surface area contributed by atoms with Crippen LogP contribution in [0.25, 0.3) is 0 Å². The third-order valence-electron chi connectivity index (χ3n) is 4.82. The normalized spacial score (nSPS) is 11.5. The van der Waals surface area contributed by atoms with Crippen molar-refractivity contribution in [1.82, 2.24) is 0 Å². The van der Waals surface area contributed by atoms with E-state index in [1.54, 1.807) is 0 Å². The fourth-order valence-electron chi connectivity index (χ4n) is 2.85. The molecule has 0 radical (unpaired) electrons. The first-order valence-corrected chi connectivity index (χ1v) is 9.93. The number of ether oxygens (including phenoxy) is 2. The Labute approximate surface area is 172 Å². The maximum Gasteiger partial charge on any atom is 0.262 e. The number of carbonyl (C=O) groups excluding carboxylic acids is 1. The Morgan fingerprint density at radius 3 is 2.14 bits per heavy atom. The van der Waals surface area contributed by atoms with Gasteiger partial charge in [-0.15, -0.1) is 0 Å². The lowest BCUT2D eigenvalue weighted by molar-refractivity contribution is -0.118. The largest absolute Gasteiger partial charge is 0.489 e. The van der Waals surface area contributed by atoms with Gasteiger partial charge in [0.1, 0.15) is 18.1 Å². The SMILES string of the molecule is CCC(C)c1ccc(OCC(=O)Nc2ccc(OCc3ccccc3)cc2)cc1. The summed E-state index contributed by atoms with van der Waals surface area (Å²) < 4.78 is 11.3. The molecule has 4 nitrogen and oxygen atoms in total. The maximum atomic E-state index is 12.1. The van der Waals surface area contributed by atoms with Crippen molar-refractivity contribution in [2.75, 3.05) is 11.9 Å². The Balaban J connectivity index is 1.44. The van der Waals surface area contributed by atoms with Crippen LogP contribution in [0.4, 0.5) is 5.69 Å². The molecule has 4 heteroatoms. The average Bonchev–Trinajstić information content (AvgIpc) is 2.78. The van der Waals surface area contributed by atoms with Crippen LogP contribution in [0.3, 0.4) is 0 Å². The van der Waals surface area contributed by atoms with Gasteiger partial charge in [0.15, 0.2) is 6.61 Å². The van der Waals surface area contributed by atoms with Gasteiger partial charge in [0.05, 0.1) is 0 Å². The summed E-state index contributed by atoms with van der Waals surface area (Å²) in [4.78, 5) is 12.1. The van der Waals surface area contributed by atoms with E-state index in [4.69, 9.17) is 9.47 Å². The van der Waals surface area contributed by atoms with E-state index in [0.717, 1.165) is 17.7 Å². The molecule has 3 aromatic rings. The van der Waals surface area contributed by atoms with E-state index in [0.29, 0.717) is 24.0 Å². The predicted octanol–water partition coefficient (Wildman–Crippen LogP) is 5.80. The second kappa shape index (κ2) is 10.3. The number of nitrogens with one attached hydrogen (secondary N) is 1. The minimum Gasteiger partial charge on any atom is -0.489 e. The van der Waals surface area contributed by atoms with Crippen LogP contribution in [0, 0.1) is 0 Å². The summed E-state index contributed by atoms with van der Waals surface area (Å²) >= 11 is 0. The first-order chi connectivity index (χ1) is 14.1. The van der Waals surface area contributed by atoms with E-state index in [1.807, 2.05) is 66.7 Å². The van der Waals surface area contributed by atoms with Crippen molar-refractivity contribution in [3.05, 3.63) is 90.0 Å². The van der Waals surface area contributed by atoms with Crippen LogP contribution >= 0.6 is 0 Å². The van der Waals surface area contributed by atoms with Gasteiger partial charge in [-0.3, -0.25) is 4.79 Å². The van der Waals surface area contributed by atoms with Crippen molar-refractivity contribution in [3.8, 4) is 11.5 Å². The van der Waals surface area contributed by atoms with Crippen LogP contribution in [0.15, 0.2) is 78.9 Å². The van der Waals surface area contributed by atoms with E-state index in [9.17, 15) is 4.79 Å². The molecule has 150 valence electrons. The highest BCUT2D eigenvalue weighted by Crippen LogP contribution is 2.21. The summed E-state index contributed by atoms with van der Waals surface area (Å²) in [6.07, 6.45) is 1.10. The molecule has 0 bridgehead atoms. The highest BCUT2D eigenvalue weighted by Gasteiger charge is 2.06. The highest BCUT2D eigenvalue weighted by atomic mass is 16.5. The number of amides is 1. The Morgan fingerprint density at radius 2 is 1.48 bits per heavy atom. The molecular formula is C25H27NO3. The van der Waals surface area contributed by atoms with Crippen LogP contribution in [0.1, 0.15) is 37.3 Å². The number of hydrogen-bond acceptors (Lipinski definition) is 3. The lowest BCUT2D eigenvalue weighted by atomic mass is 9.99. The maximum absolute atomic E-state index is 12.1. The number of hydrogen-bond donors (Lipinski definition) is 1. The lowest BCUT2D eigenvalue weighted by Crippen LogP contribution is -2.20. The van der Waals surface area contributed by atoms with Gasteiger partial charge in [-0.2, -0.15) is 0 Å². The molecule has 3 aromatic carbocycles. The summed E-state index contributed by atoms with van der Waals surface area (Å²) in [6.45, 7) is 4.84. The van der Waals surface area contributed by atoms with Crippen molar-refractivity contribution >= 4 is 11.6 Å². The van der Waals surface area contributed by atoms with E-state index in [2.05, 4.69) is 31.3 Å². The van der Waals surface area contributed by atoms with Gasteiger partial charge in [-0.25, -0.2) is 0 Å². The van der Waals surface area contributed by atoms with Crippen LogP contribution in [0.5, 0.6) is 11.5 Å². The molecule has 1 unspecified atom stereocenters. The summed E-state index contributed by atoms with van der Waals surface area (Å²) in [7, 11) is 0. The quantitative estimate of drug-likeness (QED) is 0.503. The zero-order valence-electron chi connectivity index (χ0n) is 16.9. The molecule has 0 fully saturated rings. The second-order valence-electron chi connectivity index (χ2n) is 7.01. The summed E-state index contributed by atoms with van der Waals surface area (Å²) in [5.74, 6) is 1.77. The molecule has 0 aliphatic rings. The first kappa shape index (κ1) is 20.5. The zero-order chi connectivity index (χ0) is 20.5. The van der Waals surface area contributed by atoms with Crippen molar-refractivity contribution in [1.29, 1.82) is 0 Å². The molecule has 0 heterocycles. The first-order valence-electron chi connectivity index (χ1n) is 9.93.